The van der Waals surface area contributed by atoms with Gasteiger partial charge in [-0.05, 0) is 24.6 Å². The van der Waals surface area contributed by atoms with Gasteiger partial charge in [0.2, 0.25) is 0 Å². The molecule has 0 heterocycles. The molecule has 1 aromatic carbocycles. The van der Waals surface area contributed by atoms with Crippen molar-refractivity contribution >= 4 is 17.7 Å². The third-order valence-corrected chi connectivity index (χ3v) is 3.04. The maximum absolute atomic E-state index is 5.38. The van der Waals surface area contributed by atoms with Crippen LogP contribution in [0, 0.1) is 0 Å². The predicted molar refractivity (Wildman–Crippen MR) is 74.4 cm³/mol. The van der Waals surface area contributed by atoms with Crippen LogP contribution in [0.3, 0.4) is 0 Å². The Kier molecular flexibility index (Phi) is 6.32. The highest BCUT2D eigenvalue weighted by Crippen LogP contribution is 2.16. The number of aliphatic imine (C=N–C) groups is 1. The van der Waals surface area contributed by atoms with Gasteiger partial charge in [0.15, 0.2) is 5.96 Å². The van der Waals surface area contributed by atoms with Crippen LogP contribution in [0.15, 0.2) is 29.3 Å². The van der Waals surface area contributed by atoms with E-state index in [0.29, 0.717) is 13.2 Å². The average Bonchev–Trinajstić information content (AvgIpc) is 2.31. The molecule has 0 radical (unpaired) electrons. The lowest BCUT2D eigenvalue weighted by Crippen LogP contribution is -2.23. The number of rotatable bonds is 7. The Morgan fingerprint density at radius 1 is 1.29 bits per heavy atom. The topological polar surface area (TPSA) is 73.6 Å². The second-order valence-corrected chi connectivity index (χ2v) is 4.54. The fourth-order valence-electron chi connectivity index (χ4n) is 1.28. The summed E-state index contributed by atoms with van der Waals surface area (Å²) in [7, 11) is 0. The second-order valence-electron chi connectivity index (χ2n) is 3.44. The summed E-state index contributed by atoms with van der Waals surface area (Å²) in [5.74, 6) is 2.96. The molecule has 0 amide bonds. The third-order valence-electron chi connectivity index (χ3n) is 2.03. The number of ether oxygens (including phenoxy) is 1. The molecule has 1 rings (SSSR count). The molecule has 0 bridgehead atoms. The summed E-state index contributed by atoms with van der Waals surface area (Å²) in [6, 6.07) is 8.15. The minimum absolute atomic E-state index is 0.159. The lowest BCUT2D eigenvalue weighted by Gasteiger charge is -2.04. The van der Waals surface area contributed by atoms with Crippen molar-refractivity contribution in [3.63, 3.8) is 0 Å². The van der Waals surface area contributed by atoms with Gasteiger partial charge in [-0.15, -0.1) is 0 Å². The molecule has 1 aromatic rings. The van der Waals surface area contributed by atoms with Crippen molar-refractivity contribution in [2.24, 2.45) is 16.5 Å². The molecule has 0 aliphatic rings. The van der Waals surface area contributed by atoms with Gasteiger partial charge in [0.1, 0.15) is 5.75 Å². The molecular weight excluding hydrogens is 234 g/mol. The predicted octanol–water partition coefficient (Wildman–Crippen LogP) is 1.59. The van der Waals surface area contributed by atoms with E-state index in [2.05, 4.69) is 17.1 Å². The van der Waals surface area contributed by atoms with Crippen LogP contribution in [-0.4, -0.2) is 24.9 Å². The summed E-state index contributed by atoms with van der Waals surface area (Å²) in [5.41, 5.74) is 11.8. The van der Waals surface area contributed by atoms with Gasteiger partial charge in [0, 0.05) is 11.5 Å². The first-order valence-corrected chi connectivity index (χ1v) is 6.72. The highest BCUT2D eigenvalue weighted by molar-refractivity contribution is 7.98. The van der Waals surface area contributed by atoms with Crippen molar-refractivity contribution in [3.05, 3.63) is 29.8 Å². The van der Waals surface area contributed by atoms with Crippen molar-refractivity contribution in [1.29, 1.82) is 0 Å². The highest BCUT2D eigenvalue weighted by atomic mass is 32.2. The first-order chi connectivity index (χ1) is 8.22. The summed E-state index contributed by atoms with van der Waals surface area (Å²) < 4.78 is 5.38. The largest absolute Gasteiger partial charge is 0.494 e. The standard InChI is InChI=1S/C12H19N3OS/c1-2-16-11-5-3-10(4-6-11)9-17-8-7-15-12(13)14/h3-6H,2,7-9H2,1H3,(H4,13,14,15). The average molecular weight is 253 g/mol. The summed E-state index contributed by atoms with van der Waals surface area (Å²) in [4.78, 5) is 3.93. The molecule has 0 saturated carbocycles. The Hall–Kier alpha value is -1.36. The number of hydrogen-bond donors (Lipinski definition) is 2. The molecule has 4 N–H and O–H groups in total. The van der Waals surface area contributed by atoms with Crippen molar-refractivity contribution in [2.75, 3.05) is 18.9 Å². The Bertz CT molecular complexity index is 347. The quantitative estimate of drug-likeness (QED) is 0.440. The van der Waals surface area contributed by atoms with E-state index in [1.165, 1.54) is 5.56 Å². The zero-order chi connectivity index (χ0) is 12.5. The molecule has 0 atom stereocenters. The van der Waals surface area contributed by atoms with Crippen LogP contribution in [-0.2, 0) is 5.75 Å². The first kappa shape index (κ1) is 13.7. The highest BCUT2D eigenvalue weighted by Gasteiger charge is 1.95. The van der Waals surface area contributed by atoms with Crippen molar-refractivity contribution in [2.45, 2.75) is 12.7 Å². The van der Waals surface area contributed by atoms with Crippen LogP contribution >= 0.6 is 11.8 Å². The summed E-state index contributed by atoms with van der Waals surface area (Å²) >= 11 is 1.81. The minimum Gasteiger partial charge on any atom is -0.494 e. The Balaban J connectivity index is 2.25. The van der Waals surface area contributed by atoms with E-state index < -0.39 is 0 Å². The zero-order valence-electron chi connectivity index (χ0n) is 10.1. The van der Waals surface area contributed by atoms with Gasteiger partial charge >= 0.3 is 0 Å². The minimum atomic E-state index is 0.159. The SMILES string of the molecule is CCOc1ccc(CSCCN=C(N)N)cc1. The van der Waals surface area contributed by atoms with E-state index >= 15 is 0 Å². The number of hydrogen-bond acceptors (Lipinski definition) is 3. The van der Waals surface area contributed by atoms with Crippen LogP contribution in [0.5, 0.6) is 5.75 Å². The van der Waals surface area contributed by atoms with Crippen molar-refractivity contribution in [3.8, 4) is 5.75 Å². The molecule has 0 spiro atoms. The van der Waals surface area contributed by atoms with Crippen molar-refractivity contribution in [1.82, 2.24) is 0 Å². The van der Waals surface area contributed by atoms with Crippen LogP contribution in [0.25, 0.3) is 0 Å². The van der Waals surface area contributed by atoms with Gasteiger partial charge in [-0.2, -0.15) is 11.8 Å². The normalized spacial score (nSPS) is 9.94. The van der Waals surface area contributed by atoms with Crippen LogP contribution < -0.4 is 16.2 Å². The number of thioether (sulfide) groups is 1. The molecule has 0 saturated heterocycles. The molecule has 4 nitrogen and oxygen atoms in total. The lowest BCUT2D eigenvalue weighted by molar-refractivity contribution is 0.340. The number of nitrogens with two attached hydrogens (primary N) is 2. The Morgan fingerprint density at radius 3 is 2.59 bits per heavy atom. The maximum Gasteiger partial charge on any atom is 0.185 e. The molecular formula is C12H19N3OS. The molecule has 0 fully saturated rings. The molecule has 0 aliphatic heterocycles. The van der Waals surface area contributed by atoms with Gasteiger partial charge in [-0.25, -0.2) is 0 Å². The van der Waals surface area contributed by atoms with E-state index in [1.807, 2.05) is 30.8 Å². The zero-order valence-corrected chi connectivity index (χ0v) is 10.9. The van der Waals surface area contributed by atoms with E-state index in [-0.39, 0.29) is 5.96 Å². The molecule has 5 heteroatoms. The Morgan fingerprint density at radius 2 is 2.00 bits per heavy atom. The van der Waals surface area contributed by atoms with E-state index in [9.17, 15) is 0 Å². The first-order valence-electron chi connectivity index (χ1n) is 5.57. The number of nitrogens with zero attached hydrogens (tertiary/aromatic N) is 1. The van der Waals surface area contributed by atoms with Crippen molar-refractivity contribution < 1.29 is 4.74 Å². The second kappa shape index (κ2) is 7.84. The fourth-order valence-corrected chi connectivity index (χ4v) is 2.07. The molecule has 0 unspecified atom stereocenters. The van der Waals surface area contributed by atoms with Gasteiger partial charge in [-0.3, -0.25) is 4.99 Å². The van der Waals surface area contributed by atoms with Gasteiger partial charge < -0.3 is 16.2 Å². The van der Waals surface area contributed by atoms with Crippen LogP contribution in [0.4, 0.5) is 0 Å². The van der Waals surface area contributed by atoms with E-state index in [0.717, 1.165) is 17.3 Å². The molecule has 0 aromatic heterocycles. The summed E-state index contributed by atoms with van der Waals surface area (Å²) in [6.07, 6.45) is 0. The molecule has 94 valence electrons. The summed E-state index contributed by atoms with van der Waals surface area (Å²) in [5, 5.41) is 0. The third kappa shape index (κ3) is 6.06. The smallest absolute Gasteiger partial charge is 0.185 e. The van der Waals surface area contributed by atoms with Crippen LogP contribution in [0.2, 0.25) is 0 Å². The van der Waals surface area contributed by atoms with E-state index in [4.69, 9.17) is 16.2 Å². The Labute approximate surface area is 106 Å². The summed E-state index contributed by atoms with van der Waals surface area (Å²) in [6.45, 7) is 3.35. The number of benzene rings is 1. The number of guanidine groups is 1. The monoisotopic (exact) mass is 253 g/mol. The molecule has 0 aliphatic carbocycles. The van der Waals surface area contributed by atoms with Gasteiger partial charge in [0.05, 0.1) is 13.2 Å². The van der Waals surface area contributed by atoms with Gasteiger partial charge in [-0.1, -0.05) is 12.1 Å². The van der Waals surface area contributed by atoms with E-state index in [1.54, 1.807) is 0 Å². The van der Waals surface area contributed by atoms with Crippen LogP contribution in [0.1, 0.15) is 12.5 Å². The lowest BCUT2D eigenvalue weighted by atomic mass is 10.2. The molecule has 17 heavy (non-hydrogen) atoms. The van der Waals surface area contributed by atoms with Gasteiger partial charge in [0.25, 0.3) is 0 Å². The fraction of sp³-hybridized carbons (Fsp3) is 0.417. The maximum atomic E-state index is 5.38.